The van der Waals surface area contributed by atoms with Crippen LogP contribution < -0.4 is 15.2 Å². The lowest BCUT2D eigenvalue weighted by Gasteiger charge is -2.20. The van der Waals surface area contributed by atoms with Gasteiger partial charge in [0, 0.05) is 0 Å². The Morgan fingerprint density at radius 1 is 1.18 bits per heavy atom. The van der Waals surface area contributed by atoms with Crippen LogP contribution in [0.1, 0.15) is 37.7 Å². The second-order valence-electron chi connectivity index (χ2n) is 4.59. The highest BCUT2D eigenvalue weighted by atomic mass is 16.6. The maximum Gasteiger partial charge on any atom is 0.161 e. The molecular weight excluding hydrogens is 214 g/mol. The maximum atomic E-state index is 5.59. The van der Waals surface area contributed by atoms with Crippen LogP contribution >= 0.6 is 0 Å². The molecule has 0 saturated carbocycles. The van der Waals surface area contributed by atoms with Crippen LogP contribution in [0.2, 0.25) is 0 Å². The van der Waals surface area contributed by atoms with E-state index < -0.39 is 0 Å². The van der Waals surface area contributed by atoms with E-state index in [1.165, 1.54) is 18.4 Å². The first kappa shape index (κ1) is 12.2. The normalized spacial score (nSPS) is 15.6. The van der Waals surface area contributed by atoms with Gasteiger partial charge >= 0.3 is 0 Å². The molecule has 0 aromatic heterocycles. The third kappa shape index (κ3) is 3.13. The van der Waals surface area contributed by atoms with E-state index in [4.69, 9.17) is 15.2 Å². The molecule has 3 heteroatoms. The Morgan fingerprint density at radius 2 is 1.94 bits per heavy atom. The lowest BCUT2D eigenvalue weighted by atomic mass is 9.95. The van der Waals surface area contributed by atoms with Crippen LogP contribution in [0.15, 0.2) is 18.2 Å². The van der Waals surface area contributed by atoms with Crippen molar-refractivity contribution in [1.82, 2.24) is 0 Å². The molecule has 0 bridgehead atoms. The Labute approximate surface area is 103 Å². The molecule has 1 aromatic rings. The van der Waals surface area contributed by atoms with Crippen molar-refractivity contribution in [3.8, 4) is 11.5 Å². The second-order valence-corrected chi connectivity index (χ2v) is 4.59. The van der Waals surface area contributed by atoms with E-state index in [0.717, 1.165) is 24.5 Å². The molecule has 1 aliphatic heterocycles. The van der Waals surface area contributed by atoms with Crippen LogP contribution in [0.4, 0.5) is 0 Å². The number of fused-ring (bicyclic) bond motifs is 1. The lowest BCUT2D eigenvalue weighted by molar-refractivity contribution is 0.171. The van der Waals surface area contributed by atoms with Gasteiger partial charge in [0.25, 0.3) is 0 Å². The van der Waals surface area contributed by atoms with Gasteiger partial charge < -0.3 is 15.2 Å². The van der Waals surface area contributed by atoms with Crippen molar-refractivity contribution < 1.29 is 9.47 Å². The predicted octanol–water partition coefficient (Wildman–Crippen LogP) is 2.69. The van der Waals surface area contributed by atoms with E-state index >= 15 is 0 Å². The van der Waals surface area contributed by atoms with Gasteiger partial charge in [-0.3, -0.25) is 0 Å². The molecule has 0 radical (unpaired) electrons. The Kier molecular flexibility index (Phi) is 4.26. The van der Waals surface area contributed by atoms with Gasteiger partial charge in [-0.25, -0.2) is 0 Å². The lowest BCUT2D eigenvalue weighted by Crippen LogP contribution is -2.15. The number of unbranched alkanes of at least 4 members (excludes halogenated alkanes) is 1. The van der Waals surface area contributed by atoms with Crippen LogP contribution in [0.5, 0.6) is 11.5 Å². The van der Waals surface area contributed by atoms with Gasteiger partial charge in [-0.1, -0.05) is 19.4 Å². The summed E-state index contributed by atoms with van der Waals surface area (Å²) in [6, 6.07) is 6.27. The number of hydrogen-bond donors (Lipinski definition) is 1. The monoisotopic (exact) mass is 235 g/mol. The molecule has 94 valence electrons. The highest BCUT2D eigenvalue weighted by Crippen LogP contribution is 2.34. The third-order valence-corrected chi connectivity index (χ3v) is 3.23. The molecule has 2 N–H and O–H groups in total. The summed E-state index contributed by atoms with van der Waals surface area (Å²) in [7, 11) is 0. The van der Waals surface area contributed by atoms with Crippen LogP contribution in [0.3, 0.4) is 0 Å². The van der Waals surface area contributed by atoms with Crippen molar-refractivity contribution in [1.29, 1.82) is 0 Å². The number of nitrogens with two attached hydrogens (primary N) is 1. The highest BCUT2D eigenvalue weighted by Gasteiger charge is 2.14. The number of ether oxygens (including phenoxy) is 2. The van der Waals surface area contributed by atoms with Gasteiger partial charge in [-0.15, -0.1) is 0 Å². The fraction of sp³-hybridized carbons (Fsp3) is 0.571. The summed E-state index contributed by atoms with van der Waals surface area (Å²) in [5.41, 5.74) is 6.83. The molecule has 0 amide bonds. The molecule has 0 spiro atoms. The third-order valence-electron chi connectivity index (χ3n) is 3.23. The largest absolute Gasteiger partial charge is 0.486 e. The molecule has 3 nitrogen and oxygen atoms in total. The zero-order valence-electron chi connectivity index (χ0n) is 10.4. The van der Waals surface area contributed by atoms with Crippen LogP contribution in [-0.2, 0) is 0 Å². The highest BCUT2D eigenvalue weighted by molar-refractivity contribution is 5.44. The Morgan fingerprint density at radius 3 is 2.71 bits per heavy atom. The number of rotatable bonds is 5. The van der Waals surface area contributed by atoms with E-state index in [1.807, 2.05) is 6.07 Å². The van der Waals surface area contributed by atoms with E-state index in [1.54, 1.807) is 0 Å². The minimum absolute atomic E-state index is 0.553. The first-order chi connectivity index (χ1) is 8.31. The van der Waals surface area contributed by atoms with E-state index in [-0.39, 0.29) is 0 Å². The molecular formula is C14H21NO2. The number of benzene rings is 1. The summed E-state index contributed by atoms with van der Waals surface area (Å²) in [6.45, 7) is 4.34. The van der Waals surface area contributed by atoms with Crippen LogP contribution in [0, 0.1) is 0 Å². The molecule has 0 aliphatic carbocycles. The molecule has 1 aliphatic rings. The molecule has 1 aromatic carbocycles. The molecule has 1 atom stereocenters. The average Bonchev–Trinajstić information content (AvgIpc) is 2.38. The minimum Gasteiger partial charge on any atom is -0.486 e. The molecule has 1 heterocycles. The summed E-state index contributed by atoms with van der Waals surface area (Å²) < 4.78 is 11.1. The number of hydrogen-bond acceptors (Lipinski definition) is 3. The fourth-order valence-electron chi connectivity index (χ4n) is 2.13. The van der Waals surface area contributed by atoms with Crippen molar-refractivity contribution in [3.05, 3.63) is 23.8 Å². The molecule has 2 rings (SSSR count). The van der Waals surface area contributed by atoms with Gasteiger partial charge in [-0.05, 0) is 43.0 Å². The van der Waals surface area contributed by atoms with Gasteiger partial charge in [0.2, 0.25) is 0 Å². The van der Waals surface area contributed by atoms with Gasteiger partial charge in [0.1, 0.15) is 13.2 Å². The zero-order valence-corrected chi connectivity index (χ0v) is 10.4. The van der Waals surface area contributed by atoms with Crippen LogP contribution in [0.25, 0.3) is 0 Å². The maximum absolute atomic E-state index is 5.59. The van der Waals surface area contributed by atoms with E-state index in [0.29, 0.717) is 19.1 Å². The average molecular weight is 235 g/mol. The molecule has 1 unspecified atom stereocenters. The smallest absolute Gasteiger partial charge is 0.161 e. The summed E-state index contributed by atoms with van der Waals surface area (Å²) in [4.78, 5) is 0. The van der Waals surface area contributed by atoms with E-state index in [2.05, 4.69) is 19.1 Å². The first-order valence-electron chi connectivity index (χ1n) is 6.41. The summed E-state index contributed by atoms with van der Waals surface area (Å²) in [5, 5.41) is 0. The zero-order chi connectivity index (χ0) is 12.1. The fourth-order valence-corrected chi connectivity index (χ4v) is 2.13. The van der Waals surface area contributed by atoms with Crippen molar-refractivity contribution in [2.75, 3.05) is 19.8 Å². The van der Waals surface area contributed by atoms with Gasteiger partial charge in [-0.2, -0.15) is 0 Å². The van der Waals surface area contributed by atoms with Gasteiger partial charge in [0.15, 0.2) is 11.5 Å². The Hall–Kier alpha value is -1.22. The quantitative estimate of drug-likeness (QED) is 0.798. The van der Waals surface area contributed by atoms with Crippen molar-refractivity contribution in [2.24, 2.45) is 5.73 Å². The standard InChI is InChI=1S/C14H21NO2/c1-11(4-2-3-7-15)12-5-6-13-14(10-12)17-9-8-16-13/h5-6,10-11H,2-4,7-9,15H2,1H3. The molecule has 0 saturated heterocycles. The Balaban J connectivity index is 2.00. The van der Waals surface area contributed by atoms with Crippen LogP contribution in [-0.4, -0.2) is 19.8 Å². The van der Waals surface area contributed by atoms with Gasteiger partial charge in [0.05, 0.1) is 0 Å². The van der Waals surface area contributed by atoms with E-state index in [9.17, 15) is 0 Å². The van der Waals surface area contributed by atoms with Crippen molar-refractivity contribution >= 4 is 0 Å². The molecule has 17 heavy (non-hydrogen) atoms. The Bertz CT molecular complexity index is 365. The SMILES string of the molecule is CC(CCCCN)c1ccc2c(c1)OCCO2. The second kappa shape index (κ2) is 5.92. The van der Waals surface area contributed by atoms with Crippen molar-refractivity contribution in [2.45, 2.75) is 32.1 Å². The summed E-state index contributed by atoms with van der Waals surface area (Å²) >= 11 is 0. The molecule has 0 fully saturated rings. The first-order valence-corrected chi connectivity index (χ1v) is 6.41. The summed E-state index contributed by atoms with van der Waals surface area (Å²) in [5.74, 6) is 2.31. The topological polar surface area (TPSA) is 44.5 Å². The summed E-state index contributed by atoms with van der Waals surface area (Å²) in [6.07, 6.45) is 3.47. The predicted molar refractivity (Wildman–Crippen MR) is 68.8 cm³/mol. The van der Waals surface area contributed by atoms with Crippen molar-refractivity contribution in [3.63, 3.8) is 0 Å². The minimum atomic E-state index is 0.553.